The van der Waals surface area contributed by atoms with Crippen LogP contribution in [0.1, 0.15) is 55.6 Å². The van der Waals surface area contributed by atoms with Crippen molar-refractivity contribution in [1.29, 1.82) is 0 Å². The number of thiophene rings is 1. The van der Waals surface area contributed by atoms with Crippen LogP contribution in [0.5, 0.6) is 0 Å². The summed E-state index contributed by atoms with van der Waals surface area (Å²) in [5.74, 6) is -2.52. The Hall–Kier alpha value is -5.69. The number of carbonyl (C=O) groups is 4. The second-order valence-corrected chi connectivity index (χ2v) is 11.5. The van der Waals surface area contributed by atoms with Crippen LogP contribution in [0.2, 0.25) is 0 Å². The fourth-order valence-corrected chi connectivity index (χ4v) is 6.10. The number of carbonyl (C=O) groups excluding carboxylic acids is 4. The molecule has 48 heavy (non-hydrogen) atoms. The van der Waals surface area contributed by atoms with Gasteiger partial charge in [0.05, 0.1) is 40.9 Å². The van der Waals surface area contributed by atoms with Gasteiger partial charge in [-0.25, -0.2) is 9.59 Å². The molecular weight excluding hydrogens is 670 g/mol. The van der Waals surface area contributed by atoms with Crippen molar-refractivity contribution in [2.45, 2.75) is 32.5 Å². The van der Waals surface area contributed by atoms with E-state index in [9.17, 15) is 39.4 Å². The average Bonchev–Trinajstić information content (AvgIpc) is 3.62. The molecule has 2 aromatic carbocycles. The molecular formula is C29H27N7O10S2. The fraction of sp³-hybridized carbons (Fsp3) is 0.241. The third kappa shape index (κ3) is 8.17. The zero-order chi connectivity index (χ0) is 35.0. The van der Waals surface area contributed by atoms with E-state index in [1.54, 1.807) is 20.8 Å². The van der Waals surface area contributed by atoms with Crippen LogP contribution in [-0.2, 0) is 20.8 Å². The third-order valence-corrected chi connectivity index (χ3v) is 8.56. The zero-order valence-electron chi connectivity index (χ0n) is 25.6. The highest BCUT2D eigenvalue weighted by Crippen LogP contribution is 2.35. The van der Waals surface area contributed by atoms with Crippen molar-refractivity contribution in [1.82, 2.24) is 20.1 Å². The van der Waals surface area contributed by atoms with E-state index in [0.717, 1.165) is 23.1 Å². The van der Waals surface area contributed by atoms with E-state index in [1.807, 2.05) is 0 Å². The Labute approximate surface area is 279 Å². The standard InChI is InChI=1S/C29H27N7O10S2/c1-4-45-27(39)23-16(3)24(28(40)46-5-2)48-26(23)31-22(37)15-47-29-33-32-21(34(29)18-10-12-20(13-11-18)36(43)44)14-30-25(38)17-6-8-19(9-7-17)35(41)42/h6-13H,4-5,14-15H2,1-3H3,(H,30,38)(H,31,37). The maximum Gasteiger partial charge on any atom is 0.348 e. The first-order valence-corrected chi connectivity index (χ1v) is 15.9. The molecule has 0 aliphatic carbocycles. The molecule has 0 atom stereocenters. The van der Waals surface area contributed by atoms with Gasteiger partial charge in [0, 0.05) is 35.5 Å². The number of rotatable bonds is 14. The lowest BCUT2D eigenvalue weighted by Gasteiger charge is -2.11. The number of esters is 2. The van der Waals surface area contributed by atoms with Gasteiger partial charge in [-0.1, -0.05) is 11.8 Å². The Morgan fingerprint density at radius 2 is 1.48 bits per heavy atom. The monoisotopic (exact) mass is 697 g/mol. The summed E-state index contributed by atoms with van der Waals surface area (Å²) in [7, 11) is 0. The van der Waals surface area contributed by atoms with Crippen LogP contribution in [0.3, 0.4) is 0 Å². The van der Waals surface area contributed by atoms with Gasteiger partial charge in [-0.05, 0) is 50.6 Å². The number of aromatic nitrogens is 3. The van der Waals surface area contributed by atoms with Crippen LogP contribution in [0.15, 0.2) is 53.7 Å². The van der Waals surface area contributed by atoms with Crippen LogP contribution >= 0.6 is 23.1 Å². The molecule has 0 aliphatic heterocycles. The summed E-state index contributed by atoms with van der Waals surface area (Å²) in [6.45, 7) is 4.83. The van der Waals surface area contributed by atoms with Gasteiger partial charge in [0.1, 0.15) is 9.88 Å². The van der Waals surface area contributed by atoms with Crippen LogP contribution in [0.25, 0.3) is 5.69 Å². The van der Waals surface area contributed by atoms with Crippen molar-refractivity contribution >= 4 is 63.2 Å². The van der Waals surface area contributed by atoms with Crippen molar-refractivity contribution in [3.8, 4) is 5.69 Å². The minimum atomic E-state index is -0.719. The summed E-state index contributed by atoms with van der Waals surface area (Å²) in [5.41, 5.74) is 0.540. The SMILES string of the molecule is CCOC(=O)c1sc(NC(=O)CSc2nnc(CNC(=O)c3ccc([N+](=O)[O-])cc3)n2-c2ccc([N+](=O)[O-])cc2)c(C(=O)OCC)c1C. The number of amides is 2. The van der Waals surface area contributed by atoms with Gasteiger partial charge in [0.25, 0.3) is 17.3 Å². The summed E-state index contributed by atoms with van der Waals surface area (Å²) >= 11 is 1.83. The molecule has 19 heteroatoms. The van der Waals surface area contributed by atoms with Gasteiger partial charge in [-0.3, -0.25) is 34.4 Å². The Morgan fingerprint density at radius 1 is 0.896 bits per heavy atom. The van der Waals surface area contributed by atoms with E-state index in [0.29, 0.717) is 11.3 Å². The molecule has 0 saturated carbocycles. The highest BCUT2D eigenvalue weighted by molar-refractivity contribution is 7.99. The topological polar surface area (TPSA) is 228 Å². The number of benzene rings is 2. The van der Waals surface area contributed by atoms with Crippen LogP contribution < -0.4 is 10.6 Å². The Morgan fingerprint density at radius 3 is 2.06 bits per heavy atom. The molecule has 17 nitrogen and oxygen atoms in total. The van der Waals surface area contributed by atoms with Gasteiger partial charge < -0.3 is 20.1 Å². The lowest BCUT2D eigenvalue weighted by molar-refractivity contribution is -0.385. The number of hydrogen-bond donors (Lipinski definition) is 2. The second kappa shape index (κ2) is 15.7. The van der Waals surface area contributed by atoms with E-state index < -0.39 is 33.6 Å². The number of non-ortho nitro benzene ring substituents is 2. The first kappa shape index (κ1) is 35.2. The molecule has 4 rings (SSSR count). The van der Waals surface area contributed by atoms with Crippen molar-refractivity contribution < 1.29 is 38.5 Å². The van der Waals surface area contributed by atoms with E-state index in [-0.39, 0.29) is 68.9 Å². The second-order valence-electron chi connectivity index (χ2n) is 9.53. The molecule has 4 aromatic rings. The Bertz CT molecular complexity index is 1870. The third-order valence-electron chi connectivity index (χ3n) is 6.44. The van der Waals surface area contributed by atoms with Crippen molar-refractivity contribution in [3.05, 3.63) is 96.2 Å². The van der Waals surface area contributed by atoms with Gasteiger partial charge >= 0.3 is 11.9 Å². The molecule has 0 bridgehead atoms. The molecule has 250 valence electrons. The first-order chi connectivity index (χ1) is 22.9. The number of anilines is 1. The number of ether oxygens (including phenoxy) is 2. The number of nitro benzene ring substituents is 2. The molecule has 2 aromatic heterocycles. The average molecular weight is 698 g/mol. The lowest BCUT2D eigenvalue weighted by atomic mass is 10.1. The van der Waals surface area contributed by atoms with Crippen molar-refractivity contribution in [3.63, 3.8) is 0 Å². The summed E-state index contributed by atoms with van der Waals surface area (Å²) < 4.78 is 11.7. The Balaban J connectivity index is 1.56. The van der Waals surface area contributed by atoms with Crippen molar-refractivity contribution in [2.75, 3.05) is 24.3 Å². The maximum atomic E-state index is 13.1. The molecule has 0 unspecified atom stereocenters. The molecule has 0 spiro atoms. The minimum Gasteiger partial charge on any atom is -0.462 e. The number of hydrogen-bond acceptors (Lipinski definition) is 14. The first-order valence-electron chi connectivity index (χ1n) is 14.1. The minimum absolute atomic E-state index is 0.0309. The van der Waals surface area contributed by atoms with E-state index >= 15 is 0 Å². The van der Waals surface area contributed by atoms with Gasteiger partial charge in [-0.15, -0.1) is 21.5 Å². The molecule has 0 saturated heterocycles. The van der Waals surface area contributed by atoms with E-state index in [2.05, 4.69) is 20.8 Å². The van der Waals surface area contributed by atoms with E-state index in [4.69, 9.17) is 9.47 Å². The summed E-state index contributed by atoms with van der Waals surface area (Å²) in [5, 5.41) is 36.0. The molecule has 2 amide bonds. The summed E-state index contributed by atoms with van der Waals surface area (Å²) in [6, 6.07) is 10.4. The van der Waals surface area contributed by atoms with Gasteiger partial charge in [0.15, 0.2) is 11.0 Å². The van der Waals surface area contributed by atoms with Gasteiger partial charge in [-0.2, -0.15) is 0 Å². The molecule has 0 aliphatic rings. The number of nitrogens with one attached hydrogen (secondary N) is 2. The van der Waals surface area contributed by atoms with E-state index in [1.165, 1.54) is 53.1 Å². The smallest absolute Gasteiger partial charge is 0.348 e. The fourth-order valence-electron chi connectivity index (χ4n) is 4.22. The molecule has 0 fully saturated rings. The summed E-state index contributed by atoms with van der Waals surface area (Å²) in [6.07, 6.45) is 0. The molecule has 0 radical (unpaired) electrons. The maximum absolute atomic E-state index is 13.1. The summed E-state index contributed by atoms with van der Waals surface area (Å²) in [4.78, 5) is 72.2. The van der Waals surface area contributed by atoms with Crippen LogP contribution in [0, 0.1) is 27.2 Å². The predicted molar refractivity (Wildman–Crippen MR) is 173 cm³/mol. The number of nitrogens with zero attached hydrogens (tertiary/aromatic N) is 5. The number of thioether (sulfide) groups is 1. The normalized spacial score (nSPS) is 10.6. The van der Waals surface area contributed by atoms with Gasteiger partial charge in [0.2, 0.25) is 5.91 Å². The Kier molecular flexibility index (Phi) is 11.5. The molecule has 2 N–H and O–H groups in total. The van der Waals surface area contributed by atoms with Crippen LogP contribution in [0.4, 0.5) is 16.4 Å². The van der Waals surface area contributed by atoms with Crippen molar-refractivity contribution in [2.24, 2.45) is 0 Å². The number of nitro groups is 2. The lowest BCUT2D eigenvalue weighted by Crippen LogP contribution is -2.24. The predicted octanol–water partition coefficient (Wildman–Crippen LogP) is 4.47. The molecule has 2 heterocycles. The largest absolute Gasteiger partial charge is 0.462 e. The highest BCUT2D eigenvalue weighted by Gasteiger charge is 2.28. The zero-order valence-corrected chi connectivity index (χ0v) is 27.2. The quantitative estimate of drug-likeness (QED) is 0.0803. The van der Waals surface area contributed by atoms with Crippen LogP contribution in [-0.4, -0.2) is 67.3 Å². The highest BCUT2D eigenvalue weighted by atomic mass is 32.2.